The number of nitrogens with zero attached hydrogens (tertiary/aromatic N) is 2. The second-order valence-electron chi connectivity index (χ2n) is 8.96. The van der Waals surface area contributed by atoms with Gasteiger partial charge in [-0.1, -0.05) is 37.6 Å². The van der Waals surface area contributed by atoms with Gasteiger partial charge in [0.15, 0.2) is 12.4 Å². The van der Waals surface area contributed by atoms with Gasteiger partial charge in [0.05, 0.1) is 17.0 Å². The molecule has 2 amide bonds. The summed E-state index contributed by atoms with van der Waals surface area (Å²) in [5.74, 6) is 1.02. The van der Waals surface area contributed by atoms with Crippen molar-refractivity contribution in [3.63, 3.8) is 0 Å². The molecule has 1 N–H and O–H groups in total. The first-order valence-corrected chi connectivity index (χ1v) is 12.1. The van der Waals surface area contributed by atoms with E-state index in [1.54, 1.807) is 23.1 Å². The zero-order chi connectivity index (χ0) is 24.9. The molecule has 1 saturated heterocycles. The van der Waals surface area contributed by atoms with Crippen LogP contribution in [0.4, 0.5) is 11.4 Å². The van der Waals surface area contributed by atoms with Crippen LogP contribution in [0.2, 0.25) is 5.02 Å². The average Bonchev–Trinajstić information content (AvgIpc) is 3.37. The lowest BCUT2D eigenvalue weighted by Gasteiger charge is -2.36. The Labute approximate surface area is 210 Å². The first-order valence-electron chi connectivity index (χ1n) is 11.7. The largest absolute Gasteiger partial charge is 0.483 e. The Bertz CT molecular complexity index is 1190. The number of carbonyl (C=O) groups excluding carboxylic acids is 2. The number of rotatable bonds is 7. The van der Waals surface area contributed by atoms with Crippen LogP contribution in [-0.4, -0.2) is 49.5 Å². The summed E-state index contributed by atoms with van der Waals surface area (Å²) < 4.78 is 11.0. The van der Waals surface area contributed by atoms with E-state index in [1.807, 2.05) is 37.3 Å². The van der Waals surface area contributed by atoms with E-state index >= 15 is 0 Å². The maximum absolute atomic E-state index is 12.5. The molecule has 0 bridgehead atoms. The molecule has 4 rings (SSSR count). The number of anilines is 2. The van der Waals surface area contributed by atoms with E-state index in [9.17, 15) is 9.59 Å². The molecule has 0 saturated carbocycles. The third-order valence-electron chi connectivity index (χ3n) is 6.02. The highest BCUT2D eigenvalue weighted by Gasteiger charge is 2.24. The maximum atomic E-state index is 12.5. The number of amides is 2. The minimum Gasteiger partial charge on any atom is -0.483 e. The van der Waals surface area contributed by atoms with Gasteiger partial charge in [-0.25, -0.2) is 0 Å². The summed E-state index contributed by atoms with van der Waals surface area (Å²) in [6.07, 6.45) is 1.50. The van der Waals surface area contributed by atoms with Crippen molar-refractivity contribution in [1.82, 2.24) is 4.90 Å². The van der Waals surface area contributed by atoms with E-state index < -0.39 is 0 Å². The van der Waals surface area contributed by atoms with Crippen molar-refractivity contribution >= 4 is 34.8 Å². The van der Waals surface area contributed by atoms with Crippen molar-refractivity contribution in [1.29, 1.82) is 0 Å². The molecular formula is C27H30ClN3O4. The molecule has 0 atom stereocenters. The van der Waals surface area contributed by atoms with Gasteiger partial charge < -0.3 is 24.3 Å². The predicted molar refractivity (Wildman–Crippen MR) is 138 cm³/mol. The van der Waals surface area contributed by atoms with Crippen LogP contribution in [0.3, 0.4) is 0 Å². The lowest BCUT2D eigenvalue weighted by Crippen LogP contribution is -2.48. The monoisotopic (exact) mass is 495 g/mol. The van der Waals surface area contributed by atoms with E-state index in [0.29, 0.717) is 48.6 Å². The number of ether oxygens (including phenoxy) is 1. The molecule has 35 heavy (non-hydrogen) atoms. The topological polar surface area (TPSA) is 75.0 Å². The maximum Gasteiger partial charge on any atom is 0.289 e. The second kappa shape index (κ2) is 10.9. The van der Waals surface area contributed by atoms with Crippen LogP contribution in [-0.2, 0) is 4.79 Å². The number of piperazine rings is 1. The summed E-state index contributed by atoms with van der Waals surface area (Å²) in [7, 11) is 0. The quantitative estimate of drug-likeness (QED) is 0.478. The van der Waals surface area contributed by atoms with Gasteiger partial charge in [0.2, 0.25) is 0 Å². The SMILES string of the molecule is Cc1ccc(C(C)C)c(OCC(=O)Nc2ccc(N3CCN(C(=O)c4ccco4)CC3)c(Cl)c2)c1. The summed E-state index contributed by atoms with van der Waals surface area (Å²) in [4.78, 5) is 28.9. The van der Waals surface area contributed by atoms with E-state index in [0.717, 1.165) is 22.6 Å². The normalized spacial score (nSPS) is 13.7. The van der Waals surface area contributed by atoms with E-state index in [1.165, 1.54) is 6.26 Å². The molecule has 8 heteroatoms. The van der Waals surface area contributed by atoms with Crippen LogP contribution in [0, 0.1) is 6.92 Å². The number of nitrogens with one attached hydrogen (secondary N) is 1. The van der Waals surface area contributed by atoms with Crippen LogP contribution < -0.4 is 15.0 Å². The van der Waals surface area contributed by atoms with Crippen molar-refractivity contribution in [2.75, 3.05) is 43.0 Å². The highest BCUT2D eigenvalue weighted by Crippen LogP contribution is 2.30. The Morgan fingerprint density at radius 1 is 1.09 bits per heavy atom. The second-order valence-corrected chi connectivity index (χ2v) is 9.36. The van der Waals surface area contributed by atoms with Gasteiger partial charge >= 0.3 is 0 Å². The van der Waals surface area contributed by atoms with Crippen LogP contribution in [0.15, 0.2) is 59.2 Å². The number of halogens is 1. The Morgan fingerprint density at radius 3 is 2.51 bits per heavy atom. The van der Waals surface area contributed by atoms with Gasteiger partial charge in [0, 0.05) is 31.9 Å². The van der Waals surface area contributed by atoms with Gasteiger partial charge in [0.1, 0.15) is 5.75 Å². The molecule has 7 nitrogen and oxygen atoms in total. The van der Waals surface area contributed by atoms with Gasteiger partial charge in [-0.15, -0.1) is 0 Å². The van der Waals surface area contributed by atoms with Gasteiger partial charge in [-0.3, -0.25) is 9.59 Å². The molecular weight excluding hydrogens is 466 g/mol. The Hall–Kier alpha value is -3.45. The fourth-order valence-corrected chi connectivity index (χ4v) is 4.43. The molecule has 2 heterocycles. The van der Waals surface area contributed by atoms with E-state index in [4.69, 9.17) is 20.8 Å². The third-order valence-corrected chi connectivity index (χ3v) is 6.32. The van der Waals surface area contributed by atoms with E-state index in [2.05, 4.69) is 24.1 Å². The standard InChI is InChI=1S/C27H30ClN3O4/c1-18(2)21-8-6-19(3)15-25(21)35-17-26(32)29-20-7-9-23(22(28)16-20)30-10-12-31(13-11-30)27(33)24-5-4-14-34-24/h4-9,14-16,18H,10-13,17H2,1-3H3,(H,29,32). The summed E-state index contributed by atoms with van der Waals surface area (Å²) in [6, 6.07) is 14.9. The number of benzene rings is 2. The number of hydrogen-bond acceptors (Lipinski definition) is 5. The van der Waals surface area contributed by atoms with Crippen molar-refractivity contribution in [3.05, 3.63) is 76.7 Å². The highest BCUT2D eigenvalue weighted by atomic mass is 35.5. The summed E-state index contributed by atoms with van der Waals surface area (Å²) in [5.41, 5.74) is 3.62. The molecule has 1 aliphatic rings. The lowest BCUT2D eigenvalue weighted by molar-refractivity contribution is -0.118. The van der Waals surface area contributed by atoms with Gasteiger partial charge in [0.25, 0.3) is 11.8 Å². The molecule has 0 aliphatic carbocycles. The molecule has 0 spiro atoms. The summed E-state index contributed by atoms with van der Waals surface area (Å²) >= 11 is 6.55. The summed E-state index contributed by atoms with van der Waals surface area (Å²) in [5, 5.41) is 3.39. The van der Waals surface area contributed by atoms with Crippen LogP contribution >= 0.6 is 11.6 Å². The van der Waals surface area contributed by atoms with Crippen molar-refractivity contribution < 1.29 is 18.7 Å². The summed E-state index contributed by atoms with van der Waals surface area (Å²) in [6.45, 7) is 8.55. The van der Waals surface area contributed by atoms with Crippen molar-refractivity contribution in [2.24, 2.45) is 0 Å². The van der Waals surface area contributed by atoms with Crippen LogP contribution in [0.5, 0.6) is 5.75 Å². The van der Waals surface area contributed by atoms with Crippen molar-refractivity contribution in [3.8, 4) is 5.75 Å². The number of carbonyl (C=O) groups is 2. The molecule has 1 fully saturated rings. The fourth-order valence-electron chi connectivity index (χ4n) is 4.13. The Kier molecular flexibility index (Phi) is 7.66. The van der Waals surface area contributed by atoms with Gasteiger partial charge in [-0.05, 0) is 60.4 Å². The highest BCUT2D eigenvalue weighted by molar-refractivity contribution is 6.33. The smallest absolute Gasteiger partial charge is 0.289 e. The van der Waals surface area contributed by atoms with Gasteiger partial charge in [-0.2, -0.15) is 0 Å². The van der Waals surface area contributed by atoms with E-state index in [-0.39, 0.29) is 18.4 Å². The molecule has 1 aliphatic heterocycles. The van der Waals surface area contributed by atoms with Crippen LogP contribution in [0.1, 0.15) is 41.4 Å². The average molecular weight is 496 g/mol. The Morgan fingerprint density at radius 2 is 1.86 bits per heavy atom. The zero-order valence-corrected chi connectivity index (χ0v) is 21.0. The molecule has 0 unspecified atom stereocenters. The predicted octanol–water partition coefficient (Wildman–Crippen LogP) is 5.34. The number of aryl methyl sites for hydroxylation is 1. The first-order chi connectivity index (χ1) is 16.8. The molecule has 1 aromatic heterocycles. The minimum absolute atomic E-state index is 0.0891. The fraction of sp³-hybridized carbons (Fsp3) is 0.333. The lowest BCUT2D eigenvalue weighted by atomic mass is 10.0. The Balaban J connectivity index is 1.32. The molecule has 0 radical (unpaired) electrons. The van der Waals surface area contributed by atoms with Crippen molar-refractivity contribution in [2.45, 2.75) is 26.7 Å². The first kappa shape index (κ1) is 24.7. The zero-order valence-electron chi connectivity index (χ0n) is 20.2. The molecule has 184 valence electrons. The molecule has 3 aromatic rings. The molecule has 2 aromatic carbocycles. The third kappa shape index (κ3) is 5.98. The number of hydrogen-bond donors (Lipinski definition) is 1. The minimum atomic E-state index is -0.255. The number of furan rings is 1. The van der Waals surface area contributed by atoms with Crippen LogP contribution in [0.25, 0.3) is 0 Å².